The molecule has 1 amide bonds. The lowest BCUT2D eigenvalue weighted by molar-refractivity contribution is 0.0952. The quantitative estimate of drug-likeness (QED) is 0.938. The SMILES string of the molecule is O=C(NCCn1cccn1)c1cc(Cl)cc(Br)c1. The number of aromatic nitrogens is 2. The first-order chi connectivity index (χ1) is 8.65. The van der Waals surface area contributed by atoms with Crippen LogP contribution in [0.3, 0.4) is 0 Å². The Hall–Kier alpha value is -1.33. The number of hydrogen-bond donors (Lipinski definition) is 1. The second-order valence-electron chi connectivity index (χ2n) is 3.68. The number of benzene rings is 1. The van der Waals surface area contributed by atoms with Crippen LogP contribution in [0.2, 0.25) is 5.02 Å². The van der Waals surface area contributed by atoms with Crippen molar-refractivity contribution in [2.75, 3.05) is 6.54 Å². The van der Waals surface area contributed by atoms with Crippen molar-refractivity contribution in [3.8, 4) is 0 Å². The number of halogens is 2. The van der Waals surface area contributed by atoms with Crippen molar-refractivity contribution >= 4 is 33.4 Å². The molecule has 6 heteroatoms. The Labute approximate surface area is 118 Å². The fourth-order valence-corrected chi connectivity index (χ4v) is 2.36. The maximum Gasteiger partial charge on any atom is 0.251 e. The Bertz CT molecular complexity index is 522. The van der Waals surface area contributed by atoms with Crippen molar-refractivity contribution in [3.63, 3.8) is 0 Å². The Morgan fingerprint density at radius 3 is 2.94 bits per heavy atom. The predicted molar refractivity (Wildman–Crippen MR) is 73.7 cm³/mol. The zero-order valence-electron chi connectivity index (χ0n) is 9.44. The van der Waals surface area contributed by atoms with E-state index in [2.05, 4.69) is 26.3 Å². The molecule has 0 spiro atoms. The smallest absolute Gasteiger partial charge is 0.251 e. The second-order valence-corrected chi connectivity index (χ2v) is 5.04. The lowest BCUT2D eigenvalue weighted by atomic mass is 10.2. The third kappa shape index (κ3) is 3.58. The molecule has 0 atom stereocenters. The molecule has 0 fully saturated rings. The summed E-state index contributed by atoms with van der Waals surface area (Å²) in [6.07, 6.45) is 3.55. The van der Waals surface area contributed by atoms with Crippen LogP contribution in [0.4, 0.5) is 0 Å². The zero-order chi connectivity index (χ0) is 13.0. The van der Waals surface area contributed by atoms with Crippen molar-refractivity contribution in [2.24, 2.45) is 0 Å². The molecule has 94 valence electrons. The van der Waals surface area contributed by atoms with Gasteiger partial charge in [-0.2, -0.15) is 5.10 Å². The highest BCUT2D eigenvalue weighted by Crippen LogP contribution is 2.19. The van der Waals surface area contributed by atoms with Gasteiger partial charge in [0.15, 0.2) is 0 Å². The van der Waals surface area contributed by atoms with Crippen LogP contribution in [-0.4, -0.2) is 22.2 Å². The molecule has 0 bridgehead atoms. The van der Waals surface area contributed by atoms with Gasteiger partial charge in [-0.1, -0.05) is 27.5 Å². The average Bonchev–Trinajstić information content (AvgIpc) is 2.80. The number of rotatable bonds is 4. The molecule has 1 aromatic carbocycles. The van der Waals surface area contributed by atoms with Crippen LogP contribution in [0.15, 0.2) is 41.1 Å². The van der Waals surface area contributed by atoms with Gasteiger partial charge in [-0.25, -0.2) is 0 Å². The molecular formula is C12H11BrClN3O. The van der Waals surface area contributed by atoms with E-state index >= 15 is 0 Å². The summed E-state index contributed by atoms with van der Waals surface area (Å²) >= 11 is 9.19. The lowest BCUT2D eigenvalue weighted by Crippen LogP contribution is -2.27. The minimum Gasteiger partial charge on any atom is -0.350 e. The van der Waals surface area contributed by atoms with Crippen molar-refractivity contribution in [1.82, 2.24) is 15.1 Å². The Morgan fingerprint density at radius 2 is 2.28 bits per heavy atom. The average molecular weight is 329 g/mol. The lowest BCUT2D eigenvalue weighted by Gasteiger charge is -2.06. The van der Waals surface area contributed by atoms with Crippen LogP contribution in [0.1, 0.15) is 10.4 Å². The molecule has 2 rings (SSSR count). The van der Waals surface area contributed by atoms with Gasteiger partial charge >= 0.3 is 0 Å². The maximum atomic E-state index is 11.9. The van der Waals surface area contributed by atoms with Crippen molar-refractivity contribution in [3.05, 3.63) is 51.7 Å². The van der Waals surface area contributed by atoms with Gasteiger partial charge in [-0.3, -0.25) is 9.48 Å². The van der Waals surface area contributed by atoms with Crippen molar-refractivity contribution in [1.29, 1.82) is 0 Å². The molecular weight excluding hydrogens is 318 g/mol. The van der Waals surface area contributed by atoms with E-state index in [0.29, 0.717) is 23.7 Å². The number of nitrogens with zero attached hydrogens (tertiary/aromatic N) is 2. The van der Waals surface area contributed by atoms with Gasteiger partial charge in [0.1, 0.15) is 0 Å². The van der Waals surface area contributed by atoms with Crippen molar-refractivity contribution in [2.45, 2.75) is 6.54 Å². The summed E-state index contributed by atoms with van der Waals surface area (Å²) in [6.45, 7) is 1.16. The third-order valence-electron chi connectivity index (χ3n) is 2.31. The molecule has 0 unspecified atom stereocenters. The zero-order valence-corrected chi connectivity index (χ0v) is 11.8. The van der Waals surface area contributed by atoms with Crippen LogP contribution in [-0.2, 0) is 6.54 Å². The van der Waals surface area contributed by atoms with Gasteiger partial charge < -0.3 is 5.32 Å². The van der Waals surface area contributed by atoms with Crippen LogP contribution in [0.5, 0.6) is 0 Å². The molecule has 1 aromatic heterocycles. The van der Waals surface area contributed by atoms with Gasteiger partial charge in [-0.15, -0.1) is 0 Å². The highest BCUT2D eigenvalue weighted by molar-refractivity contribution is 9.10. The first-order valence-corrected chi connectivity index (χ1v) is 6.54. The van der Waals surface area contributed by atoms with Crippen LogP contribution < -0.4 is 5.32 Å². The predicted octanol–water partition coefficient (Wildman–Crippen LogP) is 2.73. The maximum absolute atomic E-state index is 11.9. The molecule has 4 nitrogen and oxygen atoms in total. The molecule has 2 aromatic rings. The highest BCUT2D eigenvalue weighted by atomic mass is 79.9. The molecule has 0 saturated carbocycles. The molecule has 0 aliphatic rings. The molecule has 18 heavy (non-hydrogen) atoms. The van der Waals surface area contributed by atoms with Gasteiger partial charge in [0.25, 0.3) is 5.91 Å². The molecule has 0 aliphatic heterocycles. The monoisotopic (exact) mass is 327 g/mol. The first kappa shape index (κ1) is 13.1. The van der Waals surface area contributed by atoms with E-state index in [-0.39, 0.29) is 5.91 Å². The summed E-state index contributed by atoms with van der Waals surface area (Å²) in [7, 11) is 0. The summed E-state index contributed by atoms with van der Waals surface area (Å²) in [6, 6.07) is 6.95. The van der Waals surface area contributed by atoms with Gasteiger partial charge in [-0.05, 0) is 24.3 Å². The van der Waals surface area contributed by atoms with Crippen molar-refractivity contribution < 1.29 is 4.79 Å². The number of carbonyl (C=O) groups excluding carboxylic acids is 1. The van der Waals surface area contributed by atoms with E-state index < -0.39 is 0 Å². The molecule has 1 heterocycles. The van der Waals surface area contributed by atoms with Crippen LogP contribution in [0.25, 0.3) is 0 Å². The van der Waals surface area contributed by atoms with E-state index in [9.17, 15) is 4.79 Å². The fourth-order valence-electron chi connectivity index (χ4n) is 1.50. The van der Waals surface area contributed by atoms with E-state index in [1.807, 2.05) is 12.3 Å². The molecule has 0 aliphatic carbocycles. The summed E-state index contributed by atoms with van der Waals surface area (Å²) in [5.41, 5.74) is 0.537. The second kappa shape index (κ2) is 6.02. The van der Waals surface area contributed by atoms with Gasteiger partial charge in [0.05, 0.1) is 6.54 Å². The van der Waals surface area contributed by atoms with Crippen LogP contribution in [0, 0.1) is 0 Å². The highest BCUT2D eigenvalue weighted by Gasteiger charge is 2.07. The van der Waals surface area contributed by atoms with E-state index in [0.717, 1.165) is 4.47 Å². The number of carbonyl (C=O) groups is 1. The minimum absolute atomic E-state index is 0.148. The number of amides is 1. The summed E-state index contributed by atoms with van der Waals surface area (Å²) in [4.78, 5) is 11.9. The van der Waals surface area contributed by atoms with E-state index in [1.165, 1.54) is 0 Å². The first-order valence-electron chi connectivity index (χ1n) is 5.37. The third-order valence-corrected chi connectivity index (χ3v) is 2.99. The Kier molecular flexibility index (Phi) is 4.38. The largest absolute Gasteiger partial charge is 0.350 e. The number of hydrogen-bond acceptors (Lipinski definition) is 2. The minimum atomic E-state index is -0.148. The van der Waals surface area contributed by atoms with E-state index in [4.69, 9.17) is 11.6 Å². The Balaban J connectivity index is 1.91. The molecule has 0 saturated heterocycles. The molecule has 0 radical (unpaired) electrons. The topological polar surface area (TPSA) is 46.9 Å². The number of nitrogens with one attached hydrogen (secondary N) is 1. The fraction of sp³-hybridized carbons (Fsp3) is 0.167. The van der Waals surface area contributed by atoms with Gasteiger partial charge in [0, 0.05) is 34.0 Å². The van der Waals surface area contributed by atoms with Crippen LogP contribution >= 0.6 is 27.5 Å². The summed E-state index contributed by atoms with van der Waals surface area (Å²) in [5, 5.41) is 7.39. The standard InChI is InChI=1S/C12H11BrClN3O/c13-10-6-9(7-11(14)8-10)12(18)15-3-5-17-4-1-2-16-17/h1-2,4,6-8H,3,5H2,(H,15,18). The summed E-state index contributed by atoms with van der Waals surface area (Å²) in [5.74, 6) is -0.148. The summed E-state index contributed by atoms with van der Waals surface area (Å²) < 4.78 is 2.54. The Morgan fingerprint density at radius 1 is 1.44 bits per heavy atom. The normalized spacial score (nSPS) is 10.3. The van der Waals surface area contributed by atoms with Gasteiger partial charge in [0.2, 0.25) is 0 Å². The van der Waals surface area contributed by atoms with E-state index in [1.54, 1.807) is 29.1 Å². The molecule has 1 N–H and O–H groups in total.